The fourth-order valence-electron chi connectivity index (χ4n) is 8.28. The molecular formula is C58H52O12. The van der Waals surface area contributed by atoms with Gasteiger partial charge in [0.05, 0.1) is 12.2 Å². The summed E-state index contributed by atoms with van der Waals surface area (Å²) in [5.41, 5.74) is 6.66. The van der Waals surface area contributed by atoms with E-state index in [1.807, 2.05) is 152 Å². The van der Waals surface area contributed by atoms with Gasteiger partial charge >= 0.3 is 0 Å². The summed E-state index contributed by atoms with van der Waals surface area (Å²) >= 11 is 0. The number of benzene rings is 8. The maximum absolute atomic E-state index is 11.5. The van der Waals surface area contributed by atoms with E-state index in [1.54, 1.807) is 0 Å². The Balaban J connectivity index is 0.000000241. The lowest BCUT2D eigenvalue weighted by Crippen LogP contribution is -2.30. The zero-order chi connectivity index (χ0) is 48.4. The summed E-state index contributed by atoms with van der Waals surface area (Å²) in [5.74, 6) is 2.46. The van der Waals surface area contributed by atoms with Gasteiger partial charge in [0, 0.05) is 48.2 Å². The van der Waals surface area contributed by atoms with Crippen LogP contribution in [0.1, 0.15) is 56.7 Å². The highest BCUT2D eigenvalue weighted by Crippen LogP contribution is 2.45. The fourth-order valence-corrected chi connectivity index (χ4v) is 8.28. The van der Waals surface area contributed by atoms with Gasteiger partial charge in [0.25, 0.3) is 0 Å². The molecule has 70 heavy (non-hydrogen) atoms. The molecule has 356 valence electrons. The molecule has 8 aromatic carbocycles. The molecule has 0 aliphatic carbocycles. The molecule has 0 bridgehead atoms. The van der Waals surface area contributed by atoms with Crippen LogP contribution >= 0.6 is 0 Å². The minimum absolute atomic E-state index is 0.143. The van der Waals surface area contributed by atoms with Crippen LogP contribution in [0.2, 0.25) is 0 Å². The zero-order valence-electron chi connectivity index (χ0n) is 38.0. The standard InChI is InChI=1S/C43H38O6.C15H14O6/c44-38-26-37-40(47-29-33-17-9-3-10-18-33)24-36(45-27-31-13-5-1-6-14-31)25-41(37)49-43(38)35-21-22-39(46-28-32-15-7-2-8-16-32)42(23-35)48-30-34-19-11-4-12-20-34;16-8-4-11(18)9-6-13(20)15(21-14(9)5-8)7-1-2-10(17)12(19)3-7/h1-25,38,43-44H,26-30H2;1-5,13,15-20H,6H2/t38-,43-;13-,15-/m00/s1. The molecule has 0 spiro atoms. The Morgan fingerprint density at radius 1 is 0.386 bits per heavy atom. The van der Waals surface area contributed by atoms with Crippen molar-refractivity contribution in [2.45, 2.75) is 63.7 Å². The molecule has 8 aromatic rings. The summed E-state index contributed by atoms with van der Waals surface area (Å²) in [6, 6.07) is 56.2. The van der Waals surface area contributed by atoms with Gasteiger partial charge in [-0.15, -0.1) is 0 Å². The van der Waals surface area contributed by atoms with Gasteiger partial charge in [-0.1, -0.05) is 133 Å². The average Bonchev–Trinajstić information content (AvgIpc) is 3.38. The Labute approximate surface area is 405 Å². The predicted octanol–water partition coefficient (Wildman–Crippen LogP) is 10.6. The lowest BCUT2D eigenvalue weighted by molar-refractivity contribution is 0.0192. The second-order valence-corrected chi connectivity index (χ2v) is 17.0. The molecule has 0 saturated carbocycles. The molecule has 2 aliphatic heterocycles. The lowest BCUT2D eigenvalue weighted by Gasteiger charge is -2.32. The Bertz CT molecular complexity index is 2990. The normalized spacial score (nSPS) is 16.7. The van der Waals surface area contributed by atoms with E-state index in [-0.39, 0.29) is 35.2 Å². The highest BCUT2D eigenvalue weighted by molar-refractivity contribution is 5.54. The second-order valence-electron chi connectivity index (χ2n) is 17.0. The van der Waals surface area contributed by atoms with Crippen molar-refractivity contribution < 1.29 is 59.1 Å². The summed E-state index contributed by atoms with van der Waals surface area (Å²) in [6.07, 6.45) is -2.70. The van der Waals surface area contributed by atoms with Crippen LogP contribution in [0.5, 0.6) is 57.5 Å². The van der Waals surface area contributed by atoms with Crippen LogP contribution in [0.25, 0.3) is 0 Å². The summed E-state index contributed by atoms with van der Waals surface area (Å²) in [4.78, 5) is 0. The van der Waals surface area contributed by atoms with Crippen molar-refractivity contribution in [2.75, 3.05) is 0 Å². The summed E-state index contributed by atoms with van der Waals surface area (Å²) in [7, 11) is 0. The number of aromatic hydroxyl groups is 4. The SMILES string of the molecule is O[C@H]1Cc2c(OCc3ccccc3)cc(OCc3ccccc3)cc2O[C@H]1c1ccc(OCc2ccccc2)c(OCc2ccccc2)c1.Oc1cc(O)c2c(c1)O[C@@H](c1ccc(O)c(O)c1)[C@@H](O)C2. The predicted molar refractivity (Wildman–Crippen MR) is 262 cm³/mol. The van der Waals surface area contributed by atoms with Crippen LogP contribution in [-0.2, 0) is 39.3 Å². The number of ether oxygens (including phenoxy) is 6. The largest absolute Gasteiger partial charge is 0.508 e. The Kier molecular flexibility index (Phi) is 14.5. The van der Waals surface area contributed by atoms with Crippen LogP contribution in [0.4, 0.5) is 0 Å². The van der Waals surface area contributed by atoms with Crippen LogP contribution in [-0.4, -0.2) is 42.8 Å². The molecular weight excluding hydrogens is 889 g/mol. The maximum atomic E-state index is 11.5. The van der Waals surface area contributed by atoms with Crippen LogP contribution in [0.15, 0.2) is 182 Å². The maximum Gasteiger partial charge on any atom is 0.162 e. The third kappa shape index (κ3) is 11.5. The first-order chi connectivity index (χ1) is 34.1. The van der Waals surface area contributed by atoms with Gasteiger partial charge in [0.1, 0.15) is 73.1 Å². The molecule has 12 nitrogen and oxygen atoms in total. The molecule has 4 atom stereocenters. The van der Waals surface area contributed by atoms with Gasteiger partial charge in [0.15, 0.2) is 23.0 Å². The van der Waals surface area contributed by atoms with Gasteiger partial charge in [-0.05, 0) is 57.6 Å². The monoisotopic (exact) mass is 940 g/mol. The van der Waals surface area contributed by atoms with E-state index in [1.165, 1.54) is 30.3 Å². The molecule has 12 heteroatoms. The first-order valence-corrected chi connectivity index (χ1v) is 22.9. The Morgan fingerprint density at radius 3 is 1.39 bits per heavy atom. The van der Waals surface area contributed by atoms with Gasteiger partial charge in [-0.2, -0.15) is 0 Å². The van der Waals surface area contributed by atoms with E-state index in [0.717, 1.165) is 33.4 Å². The molecule has 6 N–H and O–H groups in total. The van der Waals surface area contributed by atoms with Crippen molar-refractivity contribution >= 4 is 0 Å². The van der Waals surface area contributed by atoms with Crippen molar-refractivity contribution in [1.82, 2.24) is 0 Å². The number of fused-ring (bicyclic) bond motifs is 2. The highest BCUT2D eigenvalue weighted by atomic mass is 16.5. The molecule has 2 heterocycles. The molecule has 2 aliphatic rings. The summed E-state index contributed by atoms with van der Waals surface area (Å²) < 4.78 is 37.4. The number of phenolic OH excluding ortho intramolecular Hbond substituents is 4. The van der Waals surface area contributed by atoms with Crippen molar-refractivity contribution in [3.8, 4) is 57.5 Å². The molecule has 0 unspecified atom stereocenters. The average molecular weight is 941 g/mol. The Hall–Kier alpha value is -8.32. The van der Waals surface area contributed by atoms with Crippen molar-refractivity contribution in [1.29, 1.82) is 0 Å². The highest BCUT2D eigenvalue weighted by Gasteiger charge is 2.34. The third-order valence-corrected chi connectivity index (χ3v) is 11.9. The molecule has 0 radical (unpaired) electrons. The van der Waals surface area contributed by atoms with E-state index in [2.05, 4.69) is 0 Å². The summed E-state index contributed by atoms with van der Waals surface area (Å²) in [5, 5.41) is 59.8. The topological polar surface area (TPSA) is 177 Å². The van der Waals surface area contributed by atoms with Gasteiger partial charge in [0.2, 0.25) is 0 Å². The number of hydrogen-bond donors (Lipinski definition) is 6. The lowest BCUT2D eigenvalue weighted by atomic mass is 9.93. The van der Waals surface area contributed by atoms with E-state index in [0.29, 0.717) is 72.7 Å². The van der Waals surface area contributed by atoms with Crippen LogP contribution in [0, 0.1) is 0 Å². The minimum atomic E-state index is -0.933. The number of hydrogen-bond acceptors (Lipinski definition) is 12. The van der Waals surface area contributed by atoms with E-state index in [9.17, 15) is 30.6 Å². The van der Waals surface area contributed by atoms with Crippen LogP contribution in [0.3, 0.4) is 0 Å². The van der Waals surface area contributed by atoms with Crippen LogP contribution < -0.4 is 28.4 Å². The number of phenols is 4. The van der Waals surface area contributed by atoms with Crippen molar-refractivity contribution in [2.24, 2.45) is 0 Å². The van der Waals surface area contributed by atoms with E-state index in [4.69, 9.17) is 28.4 Å². The van der Waals surface area contributed by atoms with E-state index >= 15 is 0 Å². The van der Waals surface area contributed by atoms with Gasteiger partial charge in [-0.25, -0.2) is 0 Å². The molecule has 0 saturated heterocycles. The molecule has 0 fully saturated rings. The summed E-state index contributed by atoms with van der Waals surface area (Å²) in [6.45, 7) is 1.54. The minimum Gasteiger partial charge on any atom is -0.508 e. The van der Waals surface area contributed by atoms with Crippen molar-refractivity contribution in [3.05, 3.63) is 226 Å². The first-order valence-electron chi connectivity index (χ1n) is 22.9. The second kappa shape index (κ2) is 21.8. The zero-order valence-corrected chi connectivity index (χ0v) is 38.0. The first kappa shape index (κ1) is 46.8. The number of aliphatic hydroxyl groups excluding tert-OH is 2. The van der Waals surface area contributed by atoms with Gasteiger partial charge in [-0.3, -0.25) is 0 Å². The molecule has 10 rings (SSSR count). The third-order valence-electron chi connectivity index (χ3n) is 11.9. The quantitative estimate of drug-likeness (QED) is 0.0570. The van der Waals surface area contributed by atoms with Gasteiger partial charge < -0.3 is 59.1 Å². The van der Waals surface area contributed by atoms with Crippen molar-refractivity contribution in [3.63, 3.8) is 0 Å². The molecule has 0 aromatic heterocycles. The number of aliphatic hydroxyl groups is 2. The fraction of sp³-hybridized carbons (Fsp3) is 0.172. The van der Waals surface area contributed by atoms with E-state index < -0.39 is 24.4 Å². The Morgan fingerprint density at radius 2 is 0.843 bits per heavy atom. The smallest absolute Gasteiger partial charge is 0.162 e. The molecule has 0 amide bonds. The number of rotatable bonds is 14.